The zero-order chi connectivity index (χ0) is 29.1. The van der Waals surface area contributed by atoms with E-state index in [0.717, 1.165) is 4.31 Å². The summed E-state index contributed by atoms with van der Waals surface area (Å²) < 4.78 is 63.8. The third-order valence-electron chi connectivity index (χ3n) is 5.89. The second-order valence-electron chi connectivity index (χ2n) is 8.41. The number of amides is 1. The number of benzene rings is 3. The predicted molar refractivity (Wildman–Crippen MR) is 154 cm³/mol. The van der Waals surface area contributed by atoms with E-state index in [1.54, 1.807) is 42.1 Å². The highest BCUT2D eigenvalue weighted by atomic mass is 32.2. The minimum absolute atomic E-state index is 0.104. The smallest absolute Gasteiger partial charge is 0.265 e. The topological polar surface area (TPSA) is 103 Å². The van der Waals surface area contributed by atoms with Gasteiger partial charge in [-0.25, -0.2) is 12.8 Å². The molecular weight excluding hydrogens is 559 g/mol. The highest BCUT2D eigenvalue weighted by Gasteiger charge is 2.31. The molecule has 0 atom stereocenters. The van der Waals surface area contributed by atoms with Gasteiger partial charge in [-0.05, 0) is 48.1 Å². The number of rotatable bonds is 15. The van der Waals surface area contributed by atoms with Crippen LogP contribution in [0.1, 0.15) is 12.0 Å². The summed E-state index contributed by atoms with van der Waals surface area (Å²) in [6, 6.07) is 15.5. The SMILES string of the molecule is COc1ccc(OC)c(N(CC(=O)NCCCSCc2ccccc2F)S(=O)(=O)c2ccc(OC)c(OC)c2)c1. The molecule has 3 rings (SSSR count). The fraction of sp³-hybridized carbons (Fsp3) is 0.321. The molecule has 0 aliphatic carbocycles. The van der Waals surface area contributed by atoms with E-state index in [1.807, 2.05) is 0 Å². The number of carbonyl (C=O) groups is 1. The number of nitrogens with zero attached hydrogens (tertiary/aromatic N) is 1. The van der Waals surface area contributed by atoms with E-state index in [2.05, 4.69) is 5.32 Å². The van der Waals surface area contributed by atoms with Crippen molar-refractivity contribution >= 4 is 33.4 Å². The number of sulfonamides is 1. The van der Waals surface area contributed by atoms with Crippen LogP contribution in [0.3, 0.4) is 0 Å². The van der Waals surface area contributed by atoms with Crippen molar-refractivity contribution in [3.63, 3.8) is 0 Å². The lowest BCUT2D eigenvalue weighted by Crippen LogP contribution is -2.41. The van der Waals surface area contributed by atoms with E-state index in [0.29, 0.717) is 41.5 Å². The minimum atomic E-state index is -4.28. The second kappa shape index (κ2) is 14.7. The van der Waals surface area contributed by atoms with Crippen molar-refractivity contribution < 1.29 is 36.6 Å². The molecule has 0 spiro atoms. The van der Waals surface area contributed by atoms with Crippen molar-refractivity contribution in [3.05, 3.63) is 72.0 Å². The molecule has 0 radical (unpaired) electrons. The van der Waals surface area contributed by atoms with Gasteiger partial charge < -0.3 is 24.3 Å². The molecule has 0 unspecified atom stereocenters. The first-order chi connectivity index (χ1) is 19.2. The maximum absolute atomic E-state index is 13.9. The maximum atomic E-state index is 13.9. The molecule has 216 valence electrons. The summed E-state index contributed by atoms with van der Waals surface area (Å²) in [6.07, 6.45) is 0.621. The van der Waals surface area contributed by atoms with E-state index < -0.39 is 22.5 Å². The standard InChI is InChI=1S/C28H33FN2O7S2/c1-35-21-10-12-25(36-2)24(16-21)31(40(33,34)22-11-13-26(37-3)27(17-22)38-4)18-28(32)30-14-7-15-39-19-20-8-5-6-9-23(20)29/h5-6,8-13,16-17H,7,14-15,18-19H2,1-4H3,(H,30,32). The Labute approximate surface area is 238 Å². The normalized spacial score (nSPS) is 11.0. The van der Waals surface area contributed by atoms with E-state index in [-0.39, 0.29) is 27.9 Å². The molecule has 1 N–H and O–H groups in total. The molecule has 0 aromatic heterocycles. The lowest BCUT2D eigenvalue weighted by molar-refractivity contribution is -0.119. The van der Waals surface area contributed by atoms with Crippen molar-refractivity contribution in [2.24, 2.45) is 0 Å². The number of carbonyl (C=O) groups excluding carboxylic acids is 1. The number of halogens is 1. The number of hydrogen-bond acceptors (Lipinski definition) is 8. The Morgan fingerprint density at radius 3 is 2.27 bits per heavy atom. The average Bonchev–Trinajstić information content (AvgIpc) is 2.97. The summed E-state index contributed by atoms with van der Waals surface area (Å²) in [5.74, 6) is 1.66. The Morgan fingerprint density at radius 2 is 1.60 bits per heavy atom. The van der Waals surface area contributed by atoms with Crippen molar-refractivity contribution in [1.29, 1.82) is 0 Å². The minimum Gasteiger partial charge on any atom is -0.497 e. The van der Waals surface area contributed by atoms with E-state index in [9.17, 15) is 17.6 Å². The van der Waals surface area contributed by atoms with E-state index in [4.69, 9.17) is 18.9 Å². The fourth-order valence-electron chi connectivity index (χ4n) is 3.78. The van der Waals surface area contributed by atoms with Gasteiger partial charge in [0.2, 0.25) is 5.91 Å². The largest absolute Gasteiger partial charge is 0.497 e. The molecule has 0 bridgehead atoms. The third kappa shape index (κ3) is 7.72. The third-order valence-corrected chi connectivity index (χ3v) is 8.74. The molecule has 12 heteroatoms. The molecule has 40 heavy (non-hydrogen) atoms. The number of hydrogen-bond donors (Lipinski definition) is 1. The molecule has 9 nitrogen and oxygen atoms in total. The van der Waals surface area contributed by atoms with Gasteiger partial charge in [-0.3, -0.25) is 9.10 Å². The lowest BCUT2D eigenvalue weighted by Gasteiger charge is -2.26. The van der Waals surface area contributed by atoms with Gasteiger partial charge in [-0.1, -0.05) is 18.2 Å². The Balaban J connectivity index is 1.77. The van der Waals surface area contributed by atoms with Crippen LogP contribution in [0.5, 0.6) is 23.0 Å². The zero-order valence-corrected chi connectivity index (χ0v) is 24.4. The van der Waals surface area contributed by atoms with E-state index >= 15 is 0 Å². The van der Waals surface area contributed by atoms with Gasteiger partial charge in [0.1, 0.15) is 23.9 Å². The van der Waals surface area contributed by atoms with Crippen LogP contribution in [0.4, 0.5) is 10.1 Å². The molecule has 0 fully saturated rings. The van der Waals surface area contributed by atoms with E-state index in [1.165, 1.54) is 58.8 Å². The van der Waals surface area contributed by atoms with Gasteiger partial charge in [0.15, 0.2) is 11.5 Å². The van der Waals surface area contributed by atoms with Gasteiger partial charge in [0.25, 0.3) is 10.0 Å². The van der Waals surface area contributed by atoms with Gasteiger partial charge in [-0.15, -0.1) is 0 Å². The molecule has 0 aliphatic rings. The Morgan fingerprint density at radius 1 is 0.900 bits per heavy atom. The number of thioether (sulfide) groups is 1. The monoisotopic (exact) mass is 592 g/mol. The molecule has 0 saturated carbocycles. The summed E-state index contributed by atoms with van der Waals surface area (Å²) in [6.45, 7) is -0.189. The van der Waals surface area contributed by atoms with Gasteiger partial charge in [-0.2, -0.15) is 11.8 Å². The van der Waals surface area contributed by atoms with Crippen LogP contribution in [0.2, 0.25) is 0 Å². The number of ether oxygens (including phenoxy) is 4. The first-order valence-electron chi connectivity index (χ1n) is 12.3. The highest BCUT2D eigenvalue weighted by molar-refractivity contribution is 7.98. The predicted octanol–water partition coefficient (Wildman–Crippen LogP) is 4.50. The Hall–Kier alpha value is -3.64. The van der Waals surface area contributed by atoms with Crippen LogP contribution < -0.4 is 28.6 Å². The summed E-state index contributed by atoms with van der Waals surface area (Å²) in [4.78, 5) is 12.9. The summed E-state index contributed by atoms with van der Waals surface area (Å²) >= 11 is 1.55. The molecular formula is C28H33FN2O7S2. The Bertz CT molecular complexity index is 1400. The highest BCUT2D eigenvalue weighted by Crippen LogP contribution is 2.37. The lowest BCUT2D eigenvalue weighted by atomic mass is 10.2. The molecule has 3 aromatic carbocycles. The number of methoxy groups -OCH3 is 4. The Kier molecular flexibility index (Phi) is 11.3. The number of nitrogens with one attached hydrogen (secondary N) is 1. The van der Waals surface area contributed by atoms with Crippen LogP contribution in [-0.2, 0) is 20.6 Å². The van der Waals surface area contributed by atoms with Crippen molar-refractivity contribution in [2.75, 3.05) is 51.6 Å². The quantitative estimate of drug-likeness (QED) is 0.258. The first-order valence-corrected chi connectivity index (χ1v) is 14.9. The second-order valence-corrected chi connectivity index (χ2v) is 11.4. The van der Waals surface area contributed by atoms with Gasteiger partial charge in [0, 0.05) is 24.4 Å². The zero-order valence-electron chi connectivity index (χ0n) is 22.8. The van der Waals surface area contributed by atoms with Crippen molar-refractivity contribution in [1.82, 2.24) is 5.32 Å². The molecule has 0 heterocycles. The molecule has 1 amide bonds. The van der Waals surface area contributed by atoms with Crippen LogP contribution >= 0.6 is 11.8 Å². The van der Waals surface area contributed by atoms with Crippen LogP contribution in [0, 0.1) is 5.82 Å². The summed E-state index contributed by atoms with van der Waals surface area (Å²) in [5, 5.41) is 2.77. The number of anilines is 1. The molecule has 0 aliphatic heterocycles. The van der Waals surface area contributed by atoms with Crippen LogP contribution in [0.25, 0.3) is 0 Å². The van der Waals surface area contributed by atoms with Crippen LogP contribution in [-0.4, -0.2) is 61.6 Å². The first kappa shape index (κ1) is 30.9. The van der Waals surface area contributed by atoms with Gasteiger partial charge in [0.05, 0.1) is 39.0 Å². The van der Waals surface area contributed by atoms with Crippen LogP contribution in [0.15, 0.2) is 65.6 Å². The van der Waals surface area contributed by atoms with Crippen molar-refractivity contribution in [2.45, 2.75) is 17.1 Å². The van der Waals surface area contributed by atoms with Crippen molar-refractivity contribution in [3.8, 4) is 23.0 Å². The summed E-state index contributed by atoms with van der Waals surface area (Å²) in [5.41, 5.74) is 0.756. The summed E-state index contributed by atoms with van der Waals surface area (Å²) in [7, 11) is 1.43. The maximum Gasteiger partial charge on any atom is 0.265 e. The molecule has 3 aromatic rings. The van der Waals surface area contributed by atoms with Gasteiger partial charge >= 0.3 is 0 Å². The molecule has 0 saturated heterocycles. The average molecular weight is 593 g/mol. The fourth-order valence-corrected chi connectivity index (χ4v) is 6.17.